The largest absolute Gasteiger partial charge is 0.496 e. The number of halogens is 1. The van der Waals surface area contributed by atoms with Crippen LogP contribution in [0.4, 0.5) is 0 Å². The van der Waals surface area contributed by atoms with Gasteiger partial charge in [0.1, 0.15) is 5.75 Å². The lowest BCUT2D eigenvalue weighted by atomic mass is 9.70. The van der Waals surface area contributed by atoms with Crippen molar-refractivity contribution in [2.24, 2.45) is 11.8 Å². The van der Waals surface area contributed by atoms with Crippen LogP contribution >= 0.6 is 11.6 Å². The van der Waals surface area contributed by atoms with E-state index in [1.807, 2.05) is 12.1 Å². The standard InChI is InChI=1S/C15H21ClO2/c1-10-6-11(2)9-15(17,8-10)13-7-12(16)4-5-14(13)18-3/h4-5,7,10-11,17H,6,8-9H2,1-3H3. The van der Waals surface area contributed by atoms with Gasteiger partial charge in [-0.25, -0.2) is 0 Å². The minimum atomic E-state index is -0.812. The van der Waals surface area contributed by atoms with E-state index < -0.39 is 5.60 Å². The van der Waals surface area contributed by atoms with E-state index in [0.29, 0.717) is 16.9 Å². The fraction of sp³-hybridized carbons (Fsp3) is 0.600. The van der Waals surface area contributed by atoms with E-state index in [1.54, 1.807) is 13.2 Å². The predicted octanol–water partition coefficient (Wildman–Crippen LogP) is 3.99. The fourth-order valence-corrected chi connectivity index (χ4v) is 3.53. The first-order valence-electron chi connectivity index (χ1n) is 6.51. The maximum atomic E-state index is 11.0. The first-order chi connectivity index (χ1) is 8.44. The van der Waals surface area contributed by atoms with Crippen LogP contribution in [0.15, 0.2) is 18.2 Å². The van der Waals surface area contributed by atoms with E-state index in [9.17, 15) is 5.11 Å². The molecule has 0 bridgehead atoms. The molecule has 2 rings (SSSR count). The van der Waals surface area contributed by atoms with E-state index in [0.717, 1.165) is 24.2 Å². The van der Waals surface area contributed by atoms with Gasteiger partial charge in [-0.2, -0.15) is 0 Å². The third-order valence-corrected chi connectivity index (χ3v) is 4.08. The Bertz CT molecular complexity index is 421. The van der Waals surface area contributed by atoms with Crippen molar-refractivity contribution in [3.05, 3.63) is 28.8 Å². The Morgan fingerprint density at radius 2 is 1.89 bits per heavy atom. The summed E-state index contributed by atoms with van der Waals surface area (Å²) in [7, 11) is 1.63. The Labute approximate surface area is 114 Å². The summed E-state index contributed by atoms with van der Waals surface area (Å²) in [6.45, 7) is 4.38. The third kappa shape index (κ3) is 2.65. The molecule has 18 heavy (non-hydrogen) atoms. The molecule has 0 saturated heterocycles. The first-order valence-corrected chi connectivity index (χ1v) is 6.89. The monoisotopic (exact) mass is 268 g/mol. The number of methoxy groups -OCH3 is 1. The van der Waals surface area contributed by atoms with Crippen LogP contribution in [0.1, 0.15) is 38.7 Å². The number of benzene rings is 1. The Kier molecular flexibility index (Phi) is 3.88. The van der Waals surface area contributed by atoms with Crippen molar-refractivity contribution in [2.45, 2.75) is 38.7 Å². The van der Waals surface area contributed by atoms with Crippen molar-refractivity contribution in [2.75, 3.05) is 7.11 Å². The van der Waals surface area contributed by atoms with Crippen molar-refractivity contribution in [3.63, 3.8) is 0 Å². The summed E-state index contributed by atoms with van der Waals surface area (Å²) < 4.78 is 5.37. The summed E-state index contributed by atoms with van der Waals surface area (Å²) in [5.41, 5.74) is 0.0174. The predicted molar refractivity (Wildman–Crippen MR) is 74.1 cm³/mol. The van der Waals surface area contributed by atoms with Crippen LogP contribution in [-0.2, 0) is 5.60 Å². The molecule has 1 aromatic carbocycles. The smallest absolute Gasteiger partial charge is 0.125 e. The van der Waals surface area contributed by atoms with Gasteiger partial charge in [0.25, 0.3) is 0 Å². The SMILES string of the molecule is COc1ccc(Cl)cc1C1(O)CC(C)CC(C)C1. The minimum Gasteiger partial charge on any atom is -0.496 e. The van der Waals surface area contributed by atoms with E-state index in [2.05, 4.69) is 13.8 Å². The number of aliphatic hydroxyl groups is 1. The van der Waals surface area contributed by atoms with E-state index in [4.69, 9.17) is 16.3 Å². The summed E-state index contributed by atoms with van der Waals surface area (Å²) in [6.07, 6.45) is 2.72. The van der Waals surface area contributed by atoms with Gasteiger partial charge < -0.3 is 9.84 Å². The summed E-state index contributed by atoms with van der Waals surface area (Å²) in [6, 6.07) is 5.47. The zero-order chi connectivity index (χ0) is 13.3. The quantitative estimate of drug-likeness (QED) is 0.879. The molecule has 0 amide bonds. The second-order valence-electron chi connectivity index (χ2n) is 5.73. The third-order valence-electron chi connectivity index (χ3n) is 3.84. The van der Waals surface area contributed by atoms with Crippen LogP contribution in [0.3, 0.4) is 0 Å². The average Bonchev–Trinajstić information content (AvgIpc) is 2.27. The molecular formula is C15H21ClO2. The van der Waals surface area contributed by atoms with Crippen molar-refractivity contribution >= 4 is 11.6 Å². The van der Waals surface area contributed by atoms with E-state index >= 15 is 0 Å². The zero-order valence-corrected chi connectivity index (χ0v) is 12.0. The number of rotatable bonds is 2. The molecule has 2 nitrogen and oxygen atoms in total. The van der Waals surface area contributed by atoms with E-state index in [-0.39, 0.29) is 0 Å². The fourth-order valence-electron chi connectivity index (χ4n) is 3.35. The van der Waals surface area contributed by atoms with Crippen LogP contribution in [0.5, 0.6) is 5.75 Å². The molecule has 1 fully saturated rings. The van der Waals surface area contributed by atoms with Crippen LogP contribution in [0, 0.1) is 11.8 Å². The Hall–Kier alpha value is -0.730. The van der Waals surface area contributed by atoms with Crippen LogP contribution in [0.2, 0.25) is 5.02 Å². The molecule has 2 atom stereocenters. The lowest BCUT2D eigenvalue weighted by Crippen LogP contribution is -2.35. The number of hydrogen-bond acceptors (Lipinski definition) is 2. The molecule has 0 radical (unpaired) electrons. The Morgan fingerprint density at radius 3 is 2.44 bits per heavy atom. The Balaban J connectivity index is 2.42. The molecule has 1 aromatic rings. The van der Waals surface area contributed by atoms with Gasteiger partial charge in [0.15, 0.2) is 0 Å². The average molecular weight is 269 g/mol. The van der Waals surface area contributed by atoms with Gasteiger partial charge in [0.2, 0.25) is 0 Å². The van der Waals surface area contributed by atoms with Crippen LogP contribution in [-0.4, -0.2) is 12.2 Å². The summed E-state index contributed by atoms with van der Waals surface area (Å²) in [4.78, 5) is 0. The van der Waals surface area contributed by atoms with Crippen molar-refractivity contribution in [1.29, 1.82) is 0 Å². The molecule has 1 aliphatic carbocycles. The lowest BCUT2D eigenvalue weighted by Gasteiger charge is -2.40. The van der Waals surface area contributed by atoms with Gasteiger partial charge >= 0.3 is 0 Å². The van der Waals surface area contributed by atoms with Gasteiger partial charge in [-0.1, -0.05) is 25.4 Å². The molecule has 0 aromatic heterocycles. The normalized spacial score (nSPS) is 32.3. The molecule has 3 heteroatoms. The highest BCUT2D eigenvalue weighted by molar-refractivity contribution is 6.30. The second-order valence-corrected chi connectivity index (χ2v) is 6.17. The van der Waals surface area contributed by atoms with Gasteiger partial charge in [-0.15, -0.1) is 0 Å². The van der Waals surface area contributed by atoms with Gasteiger partial charge in [-0.05, 0) is 49.3 Å². The molecule has 2 unspecified atom stereocenters. The molecule has 0 spiro atoms. The van der Waals surface area contributed by atoms with Gasteiger partial charge in [-0.3, -0.25) is 0 Å². The number of ether oxygens (including phenoxy) is 1. The van der Waals surface area contributed by atoms with Crippen molar-refractivity contribution in [3.8, 4) is 5.75 Å². The summed E-state index contributed by atoms with van der Waals surface area (Å²) in [5, 5.41) is 11.6. The van der Waals surface area contributed by atoms with Crippen LogP contribution in [0.25, 0.3) is 0 Å². The maximum Gasteiger partial charge on any atom is 0.125 e. The first kappa shape index (κ1) is 13.7. The van der Waals surface area contributed by atoms with Crippen molar-refractivity contribution in [1.82, 2.24) is 0 Å². The zero-order valence-electron chi connectivity index (χ0n) is 11.2. The molecule has 0 heterocycles. The summed E-state index contributed by atoms with van der Waals surface area (Å²) >= 11 is 6.06. The second kappa shape index (κ2) is 5.10. The highest BCUT2D eigenvalue weighted by atomic mass is 35.5. The van der Waals surface area contributed by atoms with Crippen LogP contribution < -0.4 is 4.74 Å². The summed E-state index contributed by atoms with van der Waals surface area (Å²) in [5.74, 6) is 1.76. The molecule has 1 saturated carbocycles. The van der Waals surface area contributed by atoms with Crippen molar-refractivity contribution < 1.29 is 9.84 Å². The highest BCUT2D eigenvalue weighted by Crippen LogP contribution is 2.45. The minimum absolute atomic E-state index is 0.516. The number of hydrogen-bond donors (Lipinski definition) is 1. The molecule has 0 aliphatic heterocycles. The topological polar surface area (TPSA) is 29.5 Å². The maximum absolute atomic E-state index is 11.0. The molecule has 1 aliphatic rings. The molecule has 100 valence electrons. The molecular weight excluding hydrogens is 248 g/mol. The van der Waals surface area contributed by atoms with Gasteiger partial charge in [0.05, 0.1) is 12.7 Å². The Morgan fingerprint density at radius 1 is 1.28 bits per heavy atom. The molecule has 1 N–H and O–H groups in total. The van der Waals surface area contributed by atoms with E-state index in [1.165, 1.54) is 6.42 Å². The van der Waals surface area contributed by atoms with Gasteiger partial charge in [0, 0.05) is 10.6 Å². The lowest BCUT2D eigenvalue weighted by molar-refractivity contribution is -0.0377. The highest BCUT2D eigenvalue weighted by Gasteiger charge is 2.39.